The van der Waals surface area contributed by atoms with Gasteiger partial charge >= 0.3 is 6.01 Å². The Balaban J connectivity index is 1.34. The highest BCUT2D eigenvalue weighted by atomic mass is 16.5. The number of hydrogen-bond acceptors (Lipinski definition) is 8. The van der Waals surface area contributed by atoms with E-state index < -0.39 is 0 Å². The van der Waals surface area contributed by atoms with Gasteiger partial charge in [0, 0.05) is 13.6 Å². The number of rotatable bonds is 7. The SMILES string of the molecule is Cn1nnnc1-n1c(OCc2cccc(NCc3cccc(C#N)c3)n2)nc2ccccc21. The minimum absolute atomic E-state index is 0.216. The van der Waals surface area contributed by atoms with Crippen LogP contribution in [0.4, 0.5) is 5.82 Å². The fraction of sp³-hybridized carbons (Fsp3) is 0.130. The van der Waals surface area contributed by atoms with E-state index in [1.165, 1.54) is 0 Å². The van der Waals surface area contributed by atoms with Crippen molar-refractivity contribution >= 4 is 16.9 Å². The van der Waals surface area contributed by atoms with Crippen LogP contribution in [0.25, 0.3) is 17.0 Å². The lowest BCUT2D eigenvalue weighted by Crippen LogP contribution is -2.09. The molecule has 3 heterocycles. The maximum atomic E-state index is 9.06. The number of aryl methyl sites for hydroxylation is 1. The molecule has 33 heavy (non-hydrogen) atoms. The van der Waals surface area contributed by atoms with E-state index in [1.54, 1.807) is 22.4 Å². The molecule has 1 N–H and O–H groups in total. The number of nitrogens with one attached hydrogen (secondary N) is 1. The van der Waals surface area contributed by atoms with E-state index in [2.05, 4.69) is 36.9 Å². The summed E-state index contributed by atoms with van der Waals surface area (Å²) in [6.45, 7) is 0.774. The molecule has 0 saturated carbocycles. The monoisotopic (exact) mass is 437 g/mol. The maximum Gasteiger partial charge on any atom is 0.305 e. The number of nitriles is 1. The first-order valence-electron chi connectivity index (χ1n) is 10.2. The summed E-state index contributed by atoms with van der Waals surface area (Å²) in [6.07, 6.45) is 0. The van der Waals surface area contributed by atoms with Crippen LogP contribution in [0.1, 0.15) is 16.8 Å². The highest BCUT2D eigenvalue weighted by molar-refractivity contribution is 5.78. The fourth-order valence-corrected chi connectivity index (χ4v) is 3.45. The number of pyridine rings is 1. The Bertz CT molecular complexity index is 1460. The molecular formula is C23H19N9O. The van der Waals surface area contributed by atoms with E-state index in [0.717, 1.165) is 22.3 Å². The molecule has 10 heteroatoms. The number of para-hydroxylation sites is 2. The molecule has 0 spiro atoms. The van der Waals surface area contributed by atoms with Crippen molar-refractivity contribution in [3.05, 3.63) is 83.6 Å². The zero-order valence-corrected chi connectivity index (χ0v) is 17.8. The maximum absolute atomic E-state index is 9.06. The van der Waals surface area contributed by atoms with Gasteiger partial charge in [-0.1, -0.05) is 35.4 Å². The third-order valence-corrected chi connectivity index (χ3v) is 5.01. The van der Waals surface area contributed by atoms with Crippen LogP contribution in [0.5, 0.6) is 6.01 Å². The fourth-order valence-electron chi connectivity index (χ4n) is 3.45. The molecule has 0 unspecified atom stereocenters. The van der Waals surface area contributed by atoms with Crippen LogP contribution >= 0.6 is 0 Å². The van der Waals surface area contributed by atoms with Crippen LogP contribution in [0.3, 0.4) is 0 Å². The Labute approximate surface area is 189 Å². The van der Waals surface area contributed by atoms with Crippen LogP contribution in [-0.2, 0) is 20.2 Å². The Morgan fingerprint density at radius 2 is 1.91 bits per heavy atom. The molecule has 5 rings (SSSR count). The lowest BCUT2D eigenvalue weighted by Gasteiger charge is -2.10. The Morgan fingerprint density at radius 1 is 1.03 bits per heavy atom. The van der Waals surface area contributed by atoms with Crippen molar-refractivity contribution < 1.29 is 4.74 Å². The van der Waals surface area contributed by atoms with Crippen molar-refractivity contribution in [1.29, 1.82) is 5.26 Å². The van der Waals surface area contributed by atoms with Crippen molar-refractivity contribution in [3.8, 4) is 18.0 Å². The minimum atomic E-state index is 0.216. The number of nitrogens with zero attached hydrogens (tertiary/aromatic N) is 8. The standard InChI is InChI=1S/C23H19N9O/c1-31-22(28-29-30-31)32-20-10-3-2-9-19(20)27-23(32)33-15-18-8-5-11-21(26-18)25-14-17-7-4-6-16(12-17)13-24/h2-12H,14-15H2,1H3,(H,25,26). The Morgan fingerprint density at radius 3 is 2.76 bits per heavy atom. The van der Waals surface area contributed by atoms with Gasteiger partial charge in [0.2, 0.25) is 0 Å². The van der Waals surface area contributed by atoms with E-state index in [-0.39, 0.29) is 6.61 Å². The second-order valence-electron chi connectivity index (χ2n) is 7.29. The molecule has 162 valence electrons. The molecule has 0 aliphatic carbocycles. The summed E-state index contributed by atoms with van der Waals surface area (Å²) in [5, 5.41) is 24.1. The number of tetrazole rings is 1. The van der Waals surface area contributed by atoms with Gasteiger partial charge in [-0.3, -0.25) is 0 Å². The molecule has 0 saturated heterocycles. The van der Waals surface area contributed by atoms with Crippen LogP contribution in [-0.4, -0.2) is 34.7 Å². The average molecular weight is 437 g/mol. The van der Waals surface area contributed by atoms with Gasteiger partial charge in [0.15, 0.2) is 0 Å². The molecule has 0 bridgehead atoms. The first-order valence-corrected chi connectivity index (χ1v) is 10.2. The van der Waals surface area contributed by atoms with Crippen molar-refractivity contribution in [2.24, 2.45) is 7.05 Å². The molecule has 0 fully saturated rings. The summed E-state index contributed by atoms with van der Waals surface area (Å²) in [4.78, 5) is 9.23. The number of fused-ring (bicyclic) bond motifs is 1. The van der Waals surface area contributed by atoms with Crippen molar-refractivity contribution in [2.45, 2.75) is 13.2 Å². The summed E-state index contributed by atoms with van der Waals surface area (Å²) in [6, 6.07) is 23.4. The summed E-state index contributed by atoms with van der Waals surface area (Å²) < 4.78 is 9.39. The predicted octanol–water partition coefficient (Wildman–Crippen LogP) is 3.01. The van der Waals surface area contributed by atoms with Gasteiger partial charge in [0.1, 0.15) is 12.4 Å². The average Bonchev–Trinajstić information content (AvgIpc) is 3.44. The van der Waals surface area contributed by atoms with Crippen LogP contribution < -0.4 is 10.1 Å². The third-order valence-electron chi connectivity index (χ3n) is 5.01. The van der Waals surface area contributed by atoms with Gasteiger partial charge in [-0.15, -0.1) is 0 Å². The molecular weight excluding hydrogens is 418 g/mol. The van der Waals surface area contributed by atoms with Gasteiger partial charge < -0.3 is 10.1 Å². The number of imidazole rings is 1. The third kappa shape index (κ3) is 4.20. The molecule has 5 aromatic rings. The molecule has 0 aliphatic heterocycles. The summed E-state index contributed by atoms with van der Waals surface area (Å²) >= 11 is 0. The van der Waals surface area contributed by atoms with E-state index in [0.29, 0.717) is 29.9 Å². The van der Waals surface area contributed by atoms with Crippen molar-refractivity contribution in [1.82, 2.24) is 34.7 Å². The quantitative estimate of drug-likeness (QED) is 0.413. The number of anilines is 1. The number of benzene rings is 2. The second kappa shape index (κ2) is 8.76. The zero-order chi connectivity index (χ0) is 22.6. The van der Waals surface area contributed by atoms with Crippen molar-refractivity contribution in [3.63, 3.8) is 0 Å². The lowest BCUT2D eigenvalue weighted by atomic mass is 10.1. The molecule has 0 radical (unpaired) electrons. The van der Waals surface area contributed by atoms with Gasteiger partial charge in [-0.25, -0.2) is 14.2 Å². The molecule has 0 amide bonds. The van der Waals surface area contributed by atoms with E-state index in [4.69, 9.17) is 10.00 Å². The second-order valence-corrected chi connectivity index (χ2v) is 7.29. The number of aromatic nitrogens is 7. The topological polar surface area (TPSA) is 119 Å². The zero-order valence-electron chi connectivity index (χ0n) is 17.8. The normalized spacial score (nSPS) is 10.8. The smallest absolute Gasteiger partial charge is 0.305 e. The molecule has 3 aromatic heterocycles. The first-order chi connectivity index (χ1) is 16.2. The molecule has 0 aliphatic rings. The first kappa shape index (κ1) is 20.1. The van der Waals surface area contributed by atoms with Gasteiger partial charge in [0.25, 0.3) is 5.95 Å². The summed E-state index contributed by atoms with van der Waals surface area (Å²) in [5.74, 6) is 1.21. The van der Waals surface area contributed by atoms with E-state index >= 15 is 0 Å². The Kier molecular flexibility index (Phi) is 5.35. The number of hydrogen-bond donors (Lipinski definition) is 1. The molecule has 0 atom stereocenters. The number of ether oxygens (including phenoxy) is 1. The molecule has 2 aromatic carbocycles. The summed E-state index contributed by atoms with van der Waals surface area (Å²) in [5.41, 5.74) is 3.99. The van der Waals surface area contributed by atoms with Gasteiger partial charge in [-0.05, 0) is 52.4 Å². The largest absolute Gasteiger partial charge is 0.458 e. The van der Waals surface area contributed by atoms with E-state index in [9.17, 15) is 0 Å². The highest BCUT2D eigenvalue weighted by Crippen LogP contribution is 2.25. The van der Waals surface area contributed by atoms with Crippen LogP contribution in [0.2, 0.25) is 0 Å². The van der Waals surface area contributed by atoms with Gasteiger partial charge in [0.05, 0.1) is 28.4 Å². The lowest BCUT2D eigenvalue weighted by molar-refractivity contribution is 0.272. The van der Waals surface area contributed by atoms with Crippen molar-refractivity contribution in [2.75, 3.05) is 5.32 Å². The van der Waals surface area contributed by atoms with Crippen LogP contribution in [0.15, 0.2) is 66.7 Å². The van der Waals surface area contributed by atoms with Crippen LogP contribution in [0, 0.1) is 11.3 Å². The minimum Gasteiger partial charge on any atom is -0.458 e. The highest BCUT2D eigenvalue weighted by Gasteiger charge is 2.18. The molecule has 10 nitrogen and oxygen atoms in total. The van der Waals surface area contributed by atoms with Gasteiger partial charge in [-0.2, -0.15) is 10.2 Å². The predicted molar refractivity (Wildman–Crippen MR) is 120 cm³/mol. The summed E-state index contributed by atoms with van der Waals surface area (Å²) in [7, 11) is 1.76. The van der Waals surface area contributed by atoms with E-state index in [1.807, 2.05) is 60.7 Å². The Hall–Kier alpha value is -4.78.